The molecule has 3 amide bonds. The van der Waals surface area contributed by atoms with E-state index in [1.807, 2.05) is 0 Å². The van der Waals surface area contributed by atoms with Crippen molar-refractivity contribution in [3.05, 3.63) is 0 Å². The van der Waals surface area contributed by atoms with Gasteiger partial charge < -0.3 is 15.1 Å². The predicted molar refractivity (Wildman–Crippen MR) is 78.8 cm³/mol. The van der Waals surface area contributed by atoms with Crippen molar-refractivity contribution in [1.29, 1.82) is 0 Å². The average Bonchev–Trinajstić information content (AvgIpc) is 2.54. The topological polar surface area (TPSA) is 69.7 Å². The molecule has 0 spiro atoms. The van der Waals surface area contributed by atoms with Crippen LogP contribution in [-0.4, -0.2) is 65.9 Å². The van der Waals surface area contributed by atoms with E-state index >= 15 is 0 Å². The van der Waals surface area contributed by atoms with E-state index in [1.165, 1.54) is 6.92 Å². The van der Waals surface area contributed by atoms with Gasteiger partial charge in [-0.1, -0.05) is 0 Å². The molecule has 2 rings (SSSR count). The monoisotopic (exact) mass is 349 g/mol. The zero-order chi connectivity index (χ0) is 17.9. The normalized spacial score (nSPS) is 20.8. The third kappa shape index (κ3) is 4.61. The predicted octanol–water partition coefficient (Wildman–Crippen LogP) is 0.914. The summed E-state index contributed by atoms with van der Waals surface area (Å²) in [6.45, 7) is 2.59. The van der Waals surface area contributed by atoms with Gasteiger partial charge in [0.05, 0.1) is 0 Å². The molecule has 6 nitrogen and oxygen atoms in total. The van der Waals surface area contributed by atoms with Gasteiger partial charge >= 0.3 is 12.1 Å². The number of carbonyl (C=O) groups excluding carboxylic acids is 3. The van der Waals surface area contributed by atoms with Gasteiger partial charge in [0.2, 0.25) is 11.8 Å². The first-order valence-electron chi connectivity index (χ1n) is 8.10. The summed E-state index contributed by atoms with van der Waals surface area (Å²) in [4.78, 5) is 37.1. The van der Waals surface area contributed by atoms with E-state index < -0.39 is 12.1 Å². The molecule has 1 N–H and O–H groups in total. The smallest absolute Gasteiger partial charge is 0.353 e. The Morgan fingerprint density at radius 3 is 1.88 bits per heavy atom. The van der Waals surface area contributed by atoms with E-state index in [1.54, 1.807) is 4.90 Å². The molecule has 136 valence electrons. The number of nitrogens with zero attached hydrogens (tertiary/aromatic N) is 2. The molecule has 0 bridgehead atoms. The minimum atomic E-state index is -4.86. The highest BCUT2D eigenvalue weighted by Crippen LogP contribution is 2.24. The number of alkyl halides is 3. The summed E-state index contributed by atoms with van der Waals surface area (Å²) in [6, 6.07) is -0.0112. The Balaban J connectivity index is 1.75. The fourth-order valence-electron chi connectivity index (χ4n) is 3.18. The highest BCUT2D eigenvalue weighted by molar-refractivity contribution is 5.83. The quantitative estimate of drug-likeness (QED) is 0.806. The number of likely N-dealkylation sites (tertiary alicyclic amines) is 2. The summed E-state index contributed by atoms with van der Waals surface area (Å²) in [6.07, 6.45) is -3.03. The van der Waals surface area contributed by atoms with Gasteiger partial charge in [-0.05, 0) is 25.7 Å². The molecule has 0 aromatic rings. The van der Waals surface area contributed by atoms with E-state index in [4.69, 9.17) is 0 Å². The molecule has 24 heavy (non-hydrogen) atoms. The van der Waals surface area contributed by atoms with Crippen molar-refractivity contribution in [3.63, 3.8) is 0 Å². The lowest BCUT2D eigenvalue weighted by Gasteiger charge is -2.34. The molecule has 2 heterocycles. The van der Waals surface area contributed by atoms with Crippen LogP contribution in [0.4, 0.5) is 13.2 Å². The standard InChI is InChI=1S/C15H22F3N3O3/c1-10(22)20-8-4-12(5-9-20)19-13(23)11-2-6-21(7-3-11)14(24)15(16,17)18/h11-12H,2-9H2,1H3,(H,19,23). The average molecular weight is 349 g/mol. The van der Waals surface area contributed by atoms with Gasteiger partial charge in [-0.25, -0.2) is 0 Å². The maximum atomic E-state index is 12.4. The molecule has 0 saturated carbocycles. The van der Waals surface area contributed by atoms with Crippen molar-refractivity contribution >= 4 is 17.7 Å². The third-order valence-electron chi connectivity index (χ3n) is 4.68. The molecule has 0 aliphatic carbocycles. The summed E-state index contributed by atoms with van der Waals surface area (Å²) in [5.41, 5.74) is 0. The van der Waals surface area contributed by atoms with Gasteiger partial charge in [0.25, 0.3) is 0 Å². The SMILES string of the molecule is CC(=O)N1CCC(NC(=O)C2CCN(C(=O)C(F)(F)F)CC2)CC1. The van der Waals surface area contributed by atoms with Crippen LogP contribution in [0.1, 0.15) is 32.6 Å². The van der Waals surface area contributed by atoms with Crippen molar-refractivity contribution < 1.29 is 27.6 Å². The first-order chi connectivity index (χ1) is 11.2. The van der Waals surface area contributed by atoms with Gasteiger partial charge in [0, 0.05) is 45.1 Å². The fourth-order valence-corrected chi connectivity index (χ4v) is 3.18. The Labute approximate surface area is 138 Å². The second kappa shape index (κ2) is 7.40. The molecule has 2 saturated heterocycles. The van der Waals surface area contributed by atoms with Crippen LogP contribution in [0.25, 0.3) is 0 Å². The lowest BCUT2D eigenvalue weighted by Crippen LogP contribution is -2.50. The van der Waals surface area contributed by atoms with Crippen LogP contribution in [0.15, 0.2) is 0 Å². The van der Waals surface area contributed by atoms with E-state index in [-0.39, 0.29) is 49.7 Å². The van der Waals surface area contributed by atoms with Crippen molar-refractivity contribution in [3.8, 4) is 0 Å². The summed E-state index contributed by atoms with van der Waals surface area (Å²) < 4.78 is 37.2. The van der Waals surface area contributed by atoms with Gasteiger partial charge in [-0.2, -0.15) is 13.2 Å². The van der Waals surface area contributed by atoms with Crippen molar-refractivity contribution in [2.75, 3.05) is 26.2 Å². The molecule has 0 aromatic carbocycles. The van der Waals surface area contributed by atoms with Gasteiger partial charge in [0.1, 0.15) is 0 Å². The van der Waals surface area contributed by atoms with Crippen molar-refractivity contribution in [1.82, 2.24) is 15.1 Å². The Kier molecular flexibility index (Phi) is 5.71. The molecule has 2 fully saturated rings. The minimum absolute atomic E-state index is 0.0112. The molecule has 2 aliphatic heterocycles. The Morgan fingerprint density at radius 1 is 0.917 bits per heavy atom. The van der Waals surface area contributed by atoms with Crippen LogP contribution in [0.2, 0.25) is 0 Å². The van der Waals surface area contributed by atoms with E-state index in [0.717, 1.165) is 4.90 Å². The summed E-state index contributed by atoms with van der Waals surface area (Å²) >= 11 is 0. The van der Waals surface area contributed by atoms with Crippen LogP contribution in [0.3, 0.4) is 0 Å². The van der Waals surface area contributed by atoms with Crippen LogP contribution in [0, 0.1) is 5.92 Å². The molecule has 0 aromatic heterocycles. The van der Waals surface area contributed by atoms with Gasteiger partial charge in [0.15, 0.2) is 0 Å². The molecular weight excluding hydrogens is 327 g/mol. The largest absolute Gasteiger partial charge is 0.471 e. The van der Waals surface area contributed by atoms with Crippen LogP contribution in [0.5, 0.6) is 0 Å². The van der Waals surface area contributed by atoms with Crippen LogP contribution < -0.4 is 5.32 Å². The Morgan fingerprint density at radius 2 is 1.42 bits per heavy atom. The summed E-state index contributed by atoms with van der Waals surface area (Å²) in [5, 5.41) is 2.92. The number of carbonyl (C=O) groups is 3. The molecule has 0 unspecified atom stereocenters. The number of nitrogens with one attached hydrogen (secondary N) is 1. The number of hydrogen-bond donors (Lipinski definition) is 1. The Hall–Kier alpha value is -1.80. The van der Waals surface area contributed by atoms with E-state index in [9.17, 15) is 27.6 Å². The van der Waals surface area contributed by atoms with E-state index in [0.29, 0.717) is 25.9 Å². The zero-order valence-electron chi connectivity index (χ0n) is 13.6. The third-order valence-corrected chi connectivity index (χ3v) is 4.68. The van der Waals surface area contributed by atoms with E-state index in [2.05, 4.69) is 5.32 Å². The Bertz CT molecular complexity index is 494. The fraction of sp³-hybridized carbons (Fsp3) is 0.800. The molecule has 2 aliphatic rings. The van der Waals surface area contributed by atoms with Crippen molar-refractivity contribution in [2.45, 2.75) is 44.8 Å². The van der Waals surface area contributed by atoms with Crippen molar-refractivity contribution in [2.24, 2.45) is 5.92 Å². The van der Waals surface area contributed by atoms with Crippen LogP contribution in [-0.2, 0) is 14.4 Å². The lowest BCUT2D eigenvalue weighted by molar-refractivity contribution is -0.186. The first kappa shape index (κ1) is 18.5. The van der Waals surface area contributed by atoms with Crippen LogP contribution >= 0.6 is 0 Å². The highest BCUT2D eigenvalue weighted by Gasteiger charge is 2.43. The minimum Gasteiger partial charge on any atom is -0.353 e. The maximum absolute atomic E-state index is 12.4. The first-order valence-corrected chi connectivity index (χ1v) is 8.10. The molecule has 9 heteroatoms. The summed E-state index contributed by atoms with van der Waals surface area (Å²) in [7, 11) is 0. The molecule has 0 radical (unpaired) electrons. The maximum Gasteiger partial charge on any atom is 0.471 e. The number of piperidine rings is 2. The number of amides is 3. The number of hydrogen-bond acceptors (Lipinski definition) is 3. The molecule has 0 atom stereocenters. The second-order valence-corrected chi connectivity index (χ2v) is 6.35. The highest BCUT2D eigenvalue weighted by atomic mass is 19.4. The summed E-state index contributed by atoms with van der Waals surface area (Å²) in [5.74, 6) is -2.36. The van der Waals surface area contributed by atoms with Gasteiger partial charge in [-0.15, -0.1) is 0 Å². The number of halogens is 3. The molecular formula is C15H22F3N3O3. The lowest BCUT2D eigenvalue weighted by atomic mass is 9.94. The van der Waals surface area contributed by atoms with Gasteiger partial charge in [-0.3, -0.25) is 14.4 Å². The number of rotatable bonds is 2. The second-order valence-electron chi connectivity index (χ2n) is 6.35. The zero-order valence-corrected chi connectivity index (χ0v) is 13.6.